The summed E-state index contributed by atoms with van der Waals surface area (Å²) >= 11 is 0. The van der Waals surface area contributed by atoms with Crippen LogP contribution in [0, 0.1) is 0 Å². The van der Waals surface area contributed by atoms with E-state index in [1.165, 1.54) is 0 Å². The van der Waals surface area contributed by atoms with Gasteiger partial charge in [-0.1, -0.05) is 0 Å². The Morgan fingerprint density at radius 3 is 3.00 bits per heavy atom. The van der Waals surface area contributed by atoms with Crippen molar-refractivity contribution >= 4 is 16.8 Å². The first-order valence-corrected chi connectivity index (χ1v) is 8.42. The number of amides is 1. The Hall–Kier alpha value is -2.43. The van der Waals surface area contributed by atoms with E-state index in [9.17, 15) is 4.79 Å². The summed E-state index contributed by atoms with van der Waals surface area (Å²) in [5.41, 5.74) is 2.83. The molecule has 0 saturated carbocycles. The Morgan fingerprint density at radius 2 is 2.25 bits per heavy atom. The van der Waals surface area contributed by atoms with Crippen molar-refractivity contribution in [1.82, 2.24) is 10.3 Å². The fraction of sp³-hybridized carbons (Fsp3) is 0.421. The highest BCUT2D eigenvalue weighted by Gasteiger charge is 2.18. The third kappa shape index (κ3) is 3.55. The molecule has 2 aromatic rings. The second-order valence-electron chi connectivity index (χ2n) is 6.36. The van der Waals surface area contributed by atoms with Crippen molar-refractivity contribution < 1.29 is 14.3 Å². The number of fused-ring (bicyclic) bond motifs is 1. The third-order valence-electron chi connectivity index (χ3n) is 4.14. The lowest BCUT2D eigenvalue weighted by Gasteiger charge is -2.18. The number of nitrogens with one attached hydrogen (secondary N) is 2. The van der Waals surface area contributed by atoms with Crippen LogP contribution in [0.2, 0.25) is 0 Å². The molecule has 3 rings (SSSR count). The predicted molar refractivity (Wildman–Crippen MR) is 93.8 cm³/mol. The van der Waals surface area contributed by atoms with Gasteiger partial charge in [-0.3, -0.25) is 4.79 Å². The summed E-state index contributed by atoms with van der Waals surface area (Å²) in [4.78, 5) is 15.6. The molecule has 128 valence electrons. The zero-order valence-electron chi connectivity index (χ0n) is 14.4. The third-order valence-corrected chi connectivity index (χ3v) is 4.14. The van der Waals surface area contributed by atoms with Crippen LogP contribution >= 0.6 is 0 Å². The number of hydrogen-bond acceptors (Lipinski definition) is 3. The number of ether oxygens (including phenoxy) is 2. The minimum atomic E-state index is -0.0452. The van der Waals surface area contributed by atoms with Crippen molar-refractivity contribution in [3.63, 3.8) is 0 Å². The van der Waals surface area contributed by atoms with Gasteiger partial charge in [0, 0.05) is 23.6 Å². The molecule has 1 aliphatic heterocycles. The summed E-state index contributed by atoms with van der Waals surface area (Å²) in [6, 6.07) is 5.97. The molecule has 5 nitrogen and oxygen atoms in total. The number of allylic oxidation sites excluding steroid dienone is 1. The number of carbonyl (C=O) groups excluding carboxylic acids is 1. The van der Waals surface area contributed by atoms with E-state index < -0.39 is 0 Å². The molecule has 1 aromatic carbocycles. The van der Waals surface area contributed by atoms with Gasteiger partial charge in [0.2, 0.25) is 0 Å². The zero-order valence-corrected chi connectivity index (χ0v) is 14.4. The van der Waals surface area contributed by atoms with Gasteiger partial charge in [-0.05, 0) is 57.4 Å². The molecule has 2 heterocycles. The number of aromatic nitrogens is 1. The molecule has 0 fully saturated rings. The lowest BCUT2D eigenvalue weighted by atomic mass is 10.1. The normalized spacial score (nSPS) is 14.8. The van der Waals surface area contributed by atoms with Crippen LogP contribution in [0.25, 0.3) is 10.9 Å². The van der Waals surface area contributed by atoms with Gasteiger partial charge in [0.05, 0.1) is 18.3 Å². The van der Waals surface area contributed by atoms with Gasteiger partial charge in [-0.15, -0.1) is 0 Å². The molecule has 0 spiro atoms. The monoisotopic (exact) mass is 328 g/mol. The van der Waals surface area contributed by atoms with E-state index in [1.54, 1.807) is 0 Å². The Labute approximate surface area is 142 Å². The summed E-state index contributed by atoms with van der Waals surface area (Å²) < 4.78 is 11.2. The summed E-state index contributed by atoms with van der Waals surface area (Å²) in [6.07, 6.45) is 3.73. The number of carbonyl (C=O) groups is 1. The highest BCUT2D eigenvalue weighted by molar-refractivity contribution is 5.94. The average Bonchev–Trinajstić information content (AvgIpc) is 2.95. The van der Waals surface area contributed by atoms with E-state index in [4.69, 9.17) is 9.47 Å². The summed E-state index contributed by atoms with van der Waals surface area (Å²) in [5.74, 6) is 1.53. The Kier molecular flexibility index (Phi) is 4.79. The van der Waals surface area contributed by atoms with Gasteiger partial charge in [-0.25, -0.2) is 0 Å². The molecule has 0 saturated heterocycles. The van der Waals surface area contributed by atoms with Gasteiger partial charge in [-0.2, -0.15) is 0 Å². The molecule has 0 atom stereocenters. The predicted octanol–water partition coefficient (Wildman–Crippen LogP) is 3.66. The van der Waals surface area contributed by atoms with E-state index in [1.807, 2.05) is 45.2 Å². The van der Waals surface area contributed by atoms with E-state index in [2.05, 4.69) is 10.3 Å². The quantitative estimate of drug-likeness (QED) is 0.880. The van der Waals surface area contributed by atoms with Gasteiger partial charge in [0.1, 0.15) is 11.5 Å². The summed E-state index contributed by atoms with van der Waals surface area (Å²) in [6.45, 7) is 7.04. The van der Waals surface area contributed by atoms with Crippen molar-refractivity contribution in [2.75, 3.05) is 6.61 Å². The molecule has 24 heavy (non-hydrogen) atoms. The van der Waals surface area contributed by atoms with E-state index >= 15 is 0 Å². The maximum atomic E-state index is 12.4. The van der Waals surface area contributed by atoms with Gasteiger partial charge in [0.15, 0.2) is 0 Å². The van der Waals surface area contributed by atoms with Gasteiger partial charge in [0.25, 0.3) is 5.91 Å². The number of benzene rings is 1. The van der Waals surface area contributed by atoms with E-state index in [0.29, 0.717) is 13.2 Å². The van der Waals surface area contributed by atoms with Crippen LogP contribution in [0.3, 0.4) is 0 Å². The first-order valence-electron chi connectivity index (χ1n) is 8.42. The Bertz CT molecular complexity index is 774. The van der Waals surface area contributed by atoms with Crippen LogP contribution in [-0.4, -0.2) is 23.6 Å². The summed E-state index contributed by atoms with van der Waals surface area (Å²) in [7, 11) is 0. The largest absolute Gasteiger partial charge is 0.498 e. The van der Waals surface area contributed by atoms with E-state index in [0.717, 1.165) is 46.4 Å². The molecule has 0 radical (unpaired) electrons. The second kappa shape index (κ2) is 6.99. The topological polar surface area (TPSA) is 63.4 Å². The van der Waals surface area contributed by atoms with Crippen LogP contribution in [0.1, 0.15) is 39.2 Å². The Balaban J connectivity index is 1.74. The first-order chi connectivity index (χ1) is 11.5. The van der Waals surface area contributed by atoms with Crippen molar-refractivity contribution in [2.24, 2.45) is 0 Å². The van der Waals surface area contributed by atoms with Gasteiger partial charge >= 0.3 is 0 Å². The van der Waals surface area contributed by atoms with Crippen LogP contribution in [0.4, 0.5) is 0 Å². The van der Waals surface area contributed by atoms with Crippen LogP contribution in [0.5, 0.6) is 5.75 Å². The number of rotatable bonds is 5. The van der Waals surface area contributed by atoms with Crippen LogP contribution in [0.15, 0.2) is 35.7 Å². The SMILES string of the molecule is CC1=C(C(=O)NCc2c[nH]c3ccc(OC(C)C)cc23)CCCO1. The average molecular weight is 328 g/mol. The van der Waals surface area contributed by atoms with Crippen molar-refractivity contribution in [2.45, 2.75) is 46.3 Å². The van der Waals surface area contributed by atoms with Crippen molar-refractivity contribution in [3.05, 3.63) is 41.3 Å². The number of H-pyrrole nitrogens is 1. The zero-order chi connectivity index (χ0) is 17.1. The number of hydrogen-bond donors (Lipinski definition) is 2. The molecule has 2 N–H and O–H groups in total. The standard InChI is InChI=1S/C19H24N2O3/c1-12(2)24-15-6-7-18-17(9-15)14(10-20-18)11-21-19(22)16-5-4-8-23-13(16)3/h6-7,9-10,12,20H,4-5,8,11H2,1-3H3,(H,21,22). The van der Waals surface area contributed by atoms with Crippen molar-refractivity contribution in [1.29, 1.82) is 0 Å². The van der Waals surface area contributed by atoms with Crippen LogP contribution in [-0.2, 0) is 16.1 Å². The minimum Gasteiger partial charge on any atom is -0.498 e. The first kappa shape index (κ1) is 16.4. The fourth-order valence-electron chi connectivity index (χ4n) is 2.94. The number of aromatic amines is 1. The Morgan fingerprint density at radius 1 is 1.42 bits per heavy atom. The summed E-state index contributed by atoms with van der Waals surface area (Å²) in [5, 5.41) is 4.07. The van der Waals surface area contributed by atoms with Gasteiger partial charge < -0.3 is 19.8 Å². The molecule has 1 amide bonds. The van der Waals surface area contributed by atoms with E-state index in [-0.39, 0.29) is 12.0 Å². The molecule has 0 bridgehead atoms. The fourth-order valence-corrected chi connectivity index (χ4v) is 2.94. The molecule has 0 unspecified atom stereocenters. The molecule has 1 aliphatic rings. The molecular weight excluding hydrogens is 304 g/mol. The minimum absolute atomic E-state index is 0.0452. The van der Waals surface area contributed by atoms with Crippen molar-refractivity contribution in [3.8, 4) is 5.75 Å². The highest BCUT2D eigenvalue weighted by atomic mass is 16.5. The smallest absolute Gasteiger partial charge is 0.250 e. The lowest BCUT2D eigenvalue weighted by Crippen LogP contribution is -2.27. The molecule has 5 heteroatoms. The van der Waals surface area contributed by atoms with Crippen LogP contribution < -0.4 is 10.1 Å². The molecule has 0 aliphatic carbocycles. The highest BCUT2D eigenvalue weighted by Crippen LogP contribution is 2.25. The lowest BCUT2D eigenvalue weighted by molar-refractivity contribution is -0.118. The molecule has 1 aromatic heterocycles. The maximum absolute atomic E-state index is 12.4. The maximum Gasteiger partial charge on any atom is 0.250 e. The molecular formula is C19H24N2O3. The second-order valence-corrected chi connectivity index (χ2v) is 6.36.